The molecule has 0 aliphatic carbocycles. The third kappa shape index (κ3) is 6.58. The standard InChI is InChI=1S/C9H23N3/c1-11-9(6-7-10)5-4-8-12(2)3/h9,11H,4-8,10H2,1-3H3. The van der Waals surface area contributed by atoms with Crippen molar-refractivity contribution in [2.75, 3.05) is 34.2 Å². The van der Waals surface area contributed by atoms with Crippen molar-refractivity contribution < 1.29 is 0 Å². The number of nitrogens with zero attached hydrogens (tertiary/aromatic N) is 1. The maximum absolute atomic E-state index is 5.49. The lowest BCUT2D eigenvalue weighted by atomic mass is 10.1. The van der Waals surface area contributed by atoms with Gasteiger partial charge in [-0.2, -0.15) is 0 Å². The van der Waals surface area contributed by atoms with Gasteiger partial charge in [-0.25, -0.2) is 0 Å². The second kappa shape index (κ2) is 7.53. The molecular weight excluding hydrogens is 150 g/mol. The highest BCUT2D eigenvalue weighted by Gasteiger charge is 2.03. The molecule has 1 unspecified atom stereocenters. The van der Waals surface area contributed by atoms with Crippen LogP contribution in [-0.4, -0.2) is 45.2 Å². The molecule has 0 saturated carbocycles. The third-order valence-corrected chi connectivity index (χ3v) is 2.08. The molecule has 1 atom stereocenters. The molecule has 3 heteroatoms. The van der Waals surface area contributed by atoms with Gasteiger partial charge in [-0.1, -0.05) is 0 Å². The first-order valence-corrected chi connectivity index (χ1v) is 4.72. The summed E-state index contributed by atoms with van der Waals surface area (Å²) in [5, 5.41) is 3.28. The van der Waals surface area contributed by atoms with E-state index in [1.807, 2.05) is 7.05 Å². The topological polar surface area (TPSA) is 41.3 Å². The van der Waals surface area contributed by atoms with Crippen LogP contribution in [0.5, 0.6) is 0 Å². The molecule has 0 aliphatic heterocycles. The normalized spacial score (nSPS) is 13.8. The Hall–Kier alpha value is -0.120. The minimum atomic E-state index is 0.606. The molecule has 3 N–H and O–H groups in total. The molecule has 0 aromatic rings. The summed E-state index contributed by atoms with van der Waals surface area (Å²) in [7, 11) is 6.23. The van der Waals surface area contributed by atoms with Crippen LogP contribution in [0.25, 0.3) is 0 Å². The number of hydrogen-bond acceptors (Lipinski definition) is 3. The van der Waals surface area contributed by atoms with Crippen LogP contribution in [0.2, 0.25) is 0 Å². The van der Waals surface area contributed by atoms with Crippen molar-refractivity contribution >= 4 is 0 Å². The van der Waals surface area contributed by atoms with Crippen molar-refractivity contribution in [3.05, 3.63) is 0 Å². The van der Waals surface area contributed by atoms with Crippen LogP contribution in [0.15, 0.2) is 0 Å². The molecule has 0 fully saturated rings. The predicted molar refractivity (Wildman–Crippen MR) is 54.3 cm³/mol. The lowest BCUT2D eigenvalue weighted by Gasteiger charge is -2.16. The first-order chi connectivity index (χ1) is 5.70. The minimum Gasteiger partial charge on any atom is -0.330 e. The number of hydrogen-bond donors (Lipinski definition) is 2. The zero-order valence-corrected chi connectivity index (χ0v) is 8.64. The zero-order chi connectivity index (χ0) is 9.40. The maximum atomic E-state index is 5.49. The maximum Gasteiger partial charge on any atom is 0.00765 e. The van der Waals surface area contributed by atoms with Gasteiger partial charge in [0, 0.05) is 6.04 Å². The van der Waals surface area contributed by atoms with Gasteiger partial charge in [0.15, 0.2) is 0 Å². The molecule has 0 radical (unpaired) electrons. The second-order valence-corrected chi connectivity index (χ2v) is 3.51. The largest absolute Gasteiger partial charge is 0.330 e. The summed E-state index contributed by atoms with van der Waals surface area (Å²) in [5.74, 6) is 0. The fourth-order valence-corrected chi connectivity index (χ4v) is 1.29. The van der Waals surface area contributed by atoms with Gasteiger partial charge in [0.05, 0.1) is 0 Å². The summed E-state index contributed by atoms with van der Waals surface area (Å²) in [6.07, 6.45) is 3.56. The summed E-state index contributed by atoms with van der Waals surface area (Å²) in [5.41, 5.74) is 5.49. The van der Waals surface area contributed by atoms with Crippen molar-refractivity contribution in [1.82, 2.24) is 10.2 Å². The van der Waals surface area contributed by atoms with E-state index in [-0.39, 0.29) is 0 Å². The van der Waals surface area contributed by atoms with Gasteiger partial charge in [0.1, 0.15) is 0 Å². The lowest BCUT2D eigenvalue weighted by Crippen LogP contribution is -2.28. The molecule has 0 bridgehead atoms. The summed E-state index contributed by atoms with van der Waals surface area (Å²) in [6, 6.07) is 0.606. The third-order valence-electron chi connectivity index (χ3n) is 2.08. The monoisotopic (exact) mass is 173 g/mol. The average molecular weight is 173 g/mol. The molecule has 12 heavy (non-hydrogen) atoms. The SMILES string of the molecule is CNC(CCN)CCCN(C)C. The van der Waals surface area contributed by atoms with Gasteiger partial charge in [0.25, 0.3) is 0 Å². The summed E-state index contributed by atoms with van der Waals surface area (Å²) < 4.78 is 0. The van der Waals surface area contributed by atoms with Crippen LogP contribution < -0.4 is 11.1 Å². The van der Waals surface area contributed by atoms with E-state index in [1.165, 1.54) is 19.4 Å². The van der Waals surface area contributed by atoms with E-state index in [4.69, 9.17) is 5.73 Å². The van der Waals surface area contributed by atoms with Gasteiger partial charge < -0.3 is 16.0 Å². The molecule has 74 valence electrons. The Labute approximate surface area is 76.3 Å². The summed E-state index contributed by atoms with van der Waals surface area (Å²) in [6.45, 7) is 1.95. The fraction of sp³-hybridized carbons (Fsp3) is 1.00. The molecule has 0 saturated heterocycles. The van der Waals surface area contributed by atoms with Crippen LogP contribution in [0.4, 0.5) is 0 Å². The highest BCUT2D eigenvalue weighted by atomic mass is 15.0. The molecular formula is C9H23N3. The molecule has 0 rings (SSSR count). The van der Waals surface area contributed by atoms with Crippen molar-refractivity contribution in [3.63, 3.8) is 0 Å². The fourth-order valence-electron chi connectivity index (χ4n) is 1.29. The summed E-state index contributed by atoms with van der Waals surface area (Å²) >= 11 is 0. The number of nitrogens with one attached hydrogen (secondary N) is 1. The Bertz CT molecular complexity index is 93.8. The Balaban J connectivity index is 3.31. The Morgan fingerprint density at radius 1 is 1.33 bits per heavy atom. The van der Waals surface area contributed by atoms with Crippen molar-refractivity contribution in [3.8, 4) is 0 Å². The van der Waals surface area contributed by atoms with E-state index in [0.29, 0.717) is 6.04 Å². The van der Waals surface area contributed by atoms with Crippen LogP contribution in [0, 0.1) is 0 Å². The Morgan fingerprint density at radius 2 is 2.00 bits per heavy atom. The van der Waals surface area contributed by atoms with Crippen LogP contribution in [-0.2, 0) is 0 Å². The molecule has 0 heterocycles. The molecule has 0 aromatic heterocycles. The zero-order valence-electron chi connectivity index (χ0n) is 8.64. The van der Waals surface area contributed by atoms with Gasteiger partial charge >= 0.3 is 0 Å². The van der Waals surface area contributed by atoms with Crippen LogP contribution in [0.1, 0.15) is 19.3 Å². The highest BCUT2D eigenvalue weighted by molar-refractivity contribution is 4.65. The average Bonchev–Trinajstić information content (AvgIpc) is 2.02. The Kier molecular flexibility index (Phi) is 7.45. The molecule has 3 nitrogen and oxygen atoms in total. The summed E-state index contributed by atoms with van der Waals surface area (Å²) in [4.78, 5) is 2.22. The van der Waals surface area contributed by atoms with Crippen LogP contribution in [0.3, 0.4) is 0 Å². The molecule has 0 aromatic carbocycles. The van der Waals surface area contributed by atoms with Gasteiger partial charge in [0.2, 0.25) is 0 Å². The van der Waals surface area contributed by atoms with E-state index < -0.39 is 0 Å². The van der Waals surface area contributed by atoms with Gasteiger partial charge in [-0.3, -0.25) is 0 Å². The Morgan fingerprint density at radius 3 is 2.42 bits per heavy atom. The second-order valence-electron chi connectivity index (χ2n) is 3.51. The van der Waals surface area contributed by atoms with Gasteiger partial charge in [-0.15, -0.1) is 0 Å². The number of nitrogens with two attached hydrogens (primary N) is 1. The van der Waals surface area contributed by atoms with E-state index >= 15 is 0 Å². The van der Waals surface area contributed by atoms with E-state index in [1.54, 1.807) is 0 Å². The first kappa shape index (κ1) is 11.9. The predicted octanol–water partition coefficient (Wildman–Crippen LogP) is 0.265. The van der Waals surface area contributed by atoms with Crippen molar-refractivity contribution in [2.24, 2.45) is 5.73 Å². The quantitative estimate of drug-likeness (QED) is 0.580. The van der Waals surface area contributed by atoms with Crippen molar-refractivity contribution in [2.45, 2.75) is 25.3 Å². The smallest absolute Gasteiger partial charge is 0.00765 e. The highest BCUT2D eigenvalue weighted by Crippen LogP contribution is 2.00. The van der Waals surface area contributed by atoms with E-state index in [9.17, 15) is 0 Å². The number of rotatable bonds is 7. The van der Waals surface area contributed by atoms with E-state index in [2.05, 4.69) is 24.3 Å². The van der Waals surface area contributed by atoms with Gasteiger partial charge in [-0.05, 0) is 53.5 Å². The van der Waals surface area contributed by atoms with Crippen molar-refractivity contribution in [1.29, 1.82) is 0 Å². The lowest BCUT2D eigenvalue weighted by molar-refractivity contribution is 0.371. The molecule has 0 amide bonds. The molecule has 0 spiro atoms. The first-order valence-electron chi connectivity index (χ1n) is 4.72. The van der Waals surface area contributed by atoms with Crippen LogP contribution >= 0.6 is 0 Å². The molecule has 0 aliphatic rings. The minimum absolute atomic E-state index is 0.606. The van der Waals surface area contributed by atoms with E-state index in [0.717, 1.165) is 13.0 Å².